The predicted octanol–water partition coefficient (Wildman–Crippen LogP) is 2.95. The summed E-state index contributed by atoms with van der Waals surface area (Å²) in [6.45, 7) is 6.15. The standard InChI is InChI=1S/C16H19N5O2S2/c1-5-23-10(22)7-24-16-20-19-14(21(16)4)13-12(17)11-8(2)6-9(3)18-15(11)25-13/h6H,5,7,17H2,1-4H3. The number of nitrogen functional groups attached to an aromatic ring is 1. The number of thioether (sulfide) groups is 1. The van der Waals surface area contributed by atoms with E-state index in [0.717, 1.165) is 26.4 Å². The molecule has 0 fully saturated rings. The number of rotatable bonds is 5. The number of aryl methyl sites for hydroxylation is 2. The smallest absolute Gasteiger partial charge is 0.316 e. The highest BCUT2D eigenvalue weighted by Gasteiger charge is 2.20. The summed E-state index contributed by atoms with van der Waals surface area (Å²) in [6.07, 6.45) is 0. The zero-order valence-electron chi connectivity index (χ0n) is 14.5. The fourth-order valence-corrected chi connectivity index (χ4v) is 4.55. The van der Waals surface area contributed by atoms with Gasteiger partial charge in [0, 0.05) is 18.1 Å². The van der Waals surface area contributed by atoms with Gasteiger partial charge in [-0.15, -0.1) is 21.5 Å². The Morgan fingerprint density at radius 1 is 1.40 bits per heavy atom. The van der Waals surface area contributed by atoms with Gasteiger partial charge in [-0.2, -0.15) is 0 Å². The minimum Gasteiger partial charge on any atom is -0.465 e. The number of anilines is 1. The first kappa shape index (κ1) is 17.7. The zero-order valence-corrected chi connectivity index (χ0v) is 16.1. The van der Waals surface area contributed by atoms with E-state index >= 15 is 0 Å². The summed E-state index contributed by atoms with van der Waals surface area (Å²) < 4.78 is 6.78. The molecule has 0 spiro atoms. The number of pyridine rings is 1. The van der Waals surface area contributed by atoms with Crippen LogP contribution in [0.15, 0.2) is 11.2 Å². The van der Waals surface area contributed by atoms with Crippen LogP contribution in [-0.2, 0) is 16.6 Å². The Morgan fingerprint density at radius 2 is 2.16 bits per heavy atom. The van der Waals surface area contributed by atoms with Gasteiger partial charge in [0.15, 0.2) is 11.0 Å². The third-order valence-corrected chi connectivity index (χ3v) is 5.78. The number of hydrogen-bond donors (Lipinski definition) is 1. The van der Waals surface area contributed by atoms with E-state index in [9.17, 15) is 4.79 Å². The van der Waals surface area contributed by atoms with Crippen molar-refractivity contribution in [3.63, 3.8) is 0 Å². The molecule has 0 aliphatic carbocycles. The van der Waals surface area contributed by atoms with Gasteiger partial charge in [-0.05, 0) is 32.4 Å². The van der Waals surface area contributed by atoms with Crippen LogP contribution in [0.2, 0.25) is 0 Å². The van der Waals surface area contributed by atoms with Gasteiger partial charge in [0.05, 0.1) is 22.9 Å². The third kappa shape index (κ3) is 3.34. The van der Waals surface area contributed by atoms with Crippen molar-refractivity contribution in [2.24, 2.45) is 7.05 Å². The second-order valence-corrected chi connectivity index (χ2v) is 7.51. The maximum absolute atomic E-state index is 11.5. The summed E-state index contributed by atoms with van der Waals surface area (Å²) in [5, 5.41) is 10.0. The largest absolute Gasteiger partial charge is 0.465 e. The maximum Gasteiger partial charge on any atom is 0.316 e. The lowest BCUT2D eigenvalue weighted by Gasteiger charge is -2.03. The van der Waals surface area contributed by atoms with Crippen LogP contribution in [0.1, 0.15) is 18.2 Å². The van der Waals surface area contributed by atoms with E-state index in [1.165, 1.54) is 23.1 Å². The molecule has 0 aromatic carbocycles. The number of aromatic nitrogens is 4. The Hall–Kier alpha value is -2.13. The SMILES string of the molecule is CCOC(=O)CSc1nnc(-c2sc3nc(C)cc(C)c3c2N)n1C. The molecule has 0 radical (unpaired) electrons. The number of ether oxygens (including phenoxy) is 1. The Labute approximate surface area is 153 Å². The summed E-state index contributed by atoms with van der Waals surface area (Å²) in [6, 6.07) is 2.02. The van der Waals surface area contributed by atoms with Gasteiger partial charge in [0.25, 0.3) is 0 Å². The van der Waals surface area contributed by atoms with E-state index < -0.39 is 0 Å². The number of nitrogens with two attached hydrogens (primary N) is 1. The summed E-state index contributed by atoms with van der Waals surface area (Å²) >= 11 is 2.80. The minimum absolute atomic E-state index is 0.196. The maximum atomic E-state index is 11.5. The number of fused-ring (bicyclic) bond motifs is 1. The van der Waals surface area contributed by atoms with Crippen molar-refractivity contribution in [1.29, 1.82) is 0 Å². The fourth-order valence-electron chi connectivity index (χ4n) is 2.60. The molecule has 7 nitrogen and oxygen atoms in total. The zero-order chi connectivity index (χ0) is 18.1. The number of hydrogen-bond acceptors (Lipinski definition) is 8. The van der Waals surface area contributed by atoms with E-state index in [1.54, 1.807) is 6.92 Å². The average Bonchev–Trinajstić information content (AvgIpc) is 3.06. The van der Waals surface area contributed by atoms with E-state index in [2.05, 4.69) is 15.2 Å². The molecule has 3 aromatic heterocycles. The quantitative estimate of drug-likeness (QED) is 0.539. The van der Waals surface area contributed by atoms with Gasteiger partial charge >= 0.3 is 5.97 Å². The van der Waals surface area contributed by atoms with Crippen molar-refractivity contribution in [3.05, 3.63) is 17.3 Å². The molecule has 0 bridgehead atoms. The Morgan fingerprint density at radius 3 is 2.88 bits per heavy atom. The molecule has 0 atom stereocenters. The highest BCUT2D eigenvalue weighted by Crippen LogP contribution is 2.41. The Balaban J connectivity index is 1.95. The molecule has 0 unspecified atom stereocenters. The number of thiophene rings is 1. The second kappa shape index (κ2) is 7.01. The average molecular weight is 377 g/mol. The van der Waals surface area contributed by atoms with Crippen LogP contribution in [0.5, 0.6) is 0 Å². The van der Waals surface area contributed by atoms with Crippen molar-refractivity contribution in [2.75, 3.05) is 18.1 Å². The predicted molar refractivity (Wildman–Crippen MR) is 101 cm³/mol. The molecule has 0 amide bonds. The van der Waals surface area contributed by atoms with E-state index in [0.29, 0.717) is 23.3 Å². The van der Waals surface area contributed by atoms with Crippen LogP contribution in [0.3, 0.4) is 0 Å². The molecular weight excluding hydrogens is 358 g/mol. The molecule has 25 heavy (non-hydrogen) atoms. The minimum atomic E-state index is -0.270. The fraction of sp³-hybridized carbons (Fsp3) is 0.375. The van der Waals surface area contributed by atoms with Crippen molar-refractivity contribution in [1.82, 2.24) is 19.7 Å². The number of carbonyl (C=O) groups is 1. The first-order chi connectivity index (χ1) is 11.9. The highest BCUT2D eigenvalue weighted by molar-refractivity contribution is 7.99. The number of nitrogens with zero attached hydrogens (tertiary/aromatic N) is 4. The first-order valence-corrected chi connectivity index (χ1v) is 9.57. The molecule has 3 heterocycles. The molecule has 0 saturated heterocycles. The van der Waals surface area contributed by atoms with E-state index in [-0.39, 0.29) is 11.7 Å². The monoisotopic (exact) mass is 377 g/mol. The third-order valence-electron chi connectivity index (χ3n) is 3.69. The van der Waals surface area contributed by atoms with Crippen LogP contribution in [0.25, 0.3) is 20.9 Å². The van der Waals surface area contributed by atoms with Crippen LogP contribution in [0.4, 0.5) is 5.69 Å². The van der Waals surface area contributed by atoms with Crippen LogP contribution in [-0.4, -0.2) is 38.1 Å². The van der Waals surface area contributed by atoms with Gasteiger partial charge in [-0.3, -0.25) is 4.79 Å². The molecule has 0 saturated carbocycles. The van der Waals surface area contributed by atoms with Gasteiger partial charge in [-0.1, -0.05) is 11.8 Å². The molecule has 132 valence electrons. The molecule has 3 rings (SSSR count). The summed E-state index contributed by atoms with van der Waals surface area (Å²) in [5.41, 5.74) is 9.10. The molecule has 0 aliphatic rings. The van der Waals surface area contributed by atoms with Crippen molar-refractivity contribution in [2.45, 2.75) is 25.9 Å². The second-order valence-electron chi connectivity index (χ2n) is 5.56. The van der Waals surface area contributed by atoms with Crippen molar-refractivity contribution < 1.29 is 9.53 Å². The normalized spacial score (nSPS) is 11.2. The lowest BCUT2D eigenvalue weighted by Crippen LogP contribution is -2.07. The van der Waals surface area contributed by atoms with E-state index in [4.69, 9.17) is 10.5 Å². The van der Waals surface area contributed by atoms with Crippen molar-refractivity contribution >= 4 is 45.0 Å². The highest BCUT2D eigenvalue weighted by atomic mass is 32.2. The van der Waals surface area contributed by atoms with Crippen molar-refractivity contribution in [3.8, 4) is 10.7 Å². The number of carbonyl (C=O) groups excluding carboxylic acids is 1. The van der Waals surface area contributed by atoms with Gasteiger partial charge in [0.1, 0.15) is 4.83 Å². The van der Waals surface area contributed by atoms with Crippen LogP contribution < -0.4 is 5.73 Å². The van der Waals surface area contributed by atoms with Gasteiger partial charge in [0.2, 0.25) is 0 Å². The van der Waals surface area contributed by atoms with Crippen LogP contribution >= 0.6 is 23.1 Å². The summed E-state index contributed by atoms with van der Waals surface area (Å²) in [4.78, 5) is 17.8. The lowest BCUT2D eigenvalue weighted by atomic mass is 10.1. The molecule has 2 N–H and O–H groups in total. The summed E-state index contributed by atoms with van der Waals surface area (Å²) in [7, 11) is 1.86. The van der Waals surface area contributed by atoms with Gasteiger partial charge < -0.3 is 15.0 Å². The molecule has 0 aliphatic heterocycles. The van der Waals surface area contributed by atoms with Gasteiger partial charge in [-0.25, -0.2) is 4.98 Å². The topological polar surface area (TPSA) is 95.9 Å². The summed E-state index contributed by atoms with van der Waals surface area (Å²) in [5.74, 6) is 0.597. The molecular formula is C16H19N5O2S2. The Kier molecular flexibility index (Phi) is 4.96. The lowest BCUT2D eigenvalue weighted by molar-refractivity contribution is -0.139. The van der Waals surface area contributed by atoms with Crippen LogP contribution in [0, 0.1) is 13.8 Å². The number of esters is 1. The molecule has 3 aromatic rings. The Bertz CT molecular complexity index is 948. The molecule has 9 heteroatoms. The first-order valence-electron chi connectivity index (χ1n) is 7.76. The van der Waals surface area contributed by atoms with E-state index in [1.807, 2.05) is 31.5 Å².